The molecule has 0 aliphatic rings. The maximum absolute atomic E-state index is 12.2. The van der Waals surface area contributed by atoms with Crippen molar-refractivity contribution in [3.63, 3.8) is 0 Å². The highest BCUT2D eigenvalue weighted by molar-refractivity contribution is 7.16. The van der Waals surface area contributed by atoms with Crippen LogP contribution in [0.5, 0.6) is 0 Å². The van der Waals surface area contributed by atoms with Crippen molar-refractivity contribution in [3.8, 4) is 0 Å². The van der Waals surface area contributed by atoms with E-state index in [4.69, 9.17) is 4.74 Å². The van der Waals surface area contributed by atoms with Crippen molar-refractivity contribution in [1.82, 2.24) is 14.6 Å². The van der Waals surface area contributed by atoms with Gasteiger partial charge in [-0.05, 0) is 25.5 Å². The van der Waals surface area contributed by atoms with Crippen LogP contribution in [0.1, 0.15) is 46.4 Å². The molecule has 130 valence electrons. The third kappa shape index (κ3) is 4.11. The van der Waals surface area contributed by atoms with Gasteiger partial charge in [-0.3, -0.25) is 4.79 Å². The summed E-state index contributed by atoms with van der Waals surface area (Å²) in [5.41, 5.74) is 1.71. The van der Waals surface area contributed by atoms with Gasteiger partial charge in [0.05, 0.1) is 11.3 Å². The van der Waals surface area contributed by atoms with Gasteiger partial charge in [-0.25, -0.2) is 9.78 Å². The topological polar surface area (TPSA) is 73.6 Å². The van der Waals surface area contributed by atoms with Crippen LogP contribution in [-0.4, -0.2) is 20.6 Å². The van der Waals surface area contributed by atoms with E-state index >= 15 is 0 Å². The van der Waals surface area contributed by atoms with E-state index in [1.54, 1.807) is 12.1 Å². The molecule has 3 rings (SSSR count). The van der Waals surface area contributed by atoms with E-state index in [0.717, 1.165) is 29.8 Å². The van der Waals surface area contributed by atoms with Gasteiger partial charge in [0.2, 0.25) is 4.96 Å². The lowest BCUT2D eigenvalue weighted by atomic mass is 10.1. The van der Waals surface area contributed by atoms with Gasteiger partial charge in [-0.15, -0.1) is 0 Å². The Bertz CT molecular complexity index is 944. The minimum atomic E-state index is -0.435. The summed E-state index contributed by atoms with van der Waals surface area (Å²) in [6.45, 7) is 4.02. The minimum Gasteiger partial charge on any atom is -0.456 e. The summed E-state index contributed by atoms with van der Waals surface area (Å²) < 4.78 is 6.57. The molecular weight excluding hydrogens is 338 g/mol. The Balaban J connectivity index is 1.74. The maximum atomic E-state index is 12.2. The van der Waals surface area contributed by atoms with Crippen LogP contribution in [-0.2, 0) is 17.8 Å². The fourth-order valence-corrected chi connectivity index (χ4v) is 3.27. The summed E-state index contributed by atoms with van der Waals surface area (Å²) in [4.78, 5) is 29.1. The number of aryl methyl sites for hydroxylation is 2. The Morgan fingerprint density at radius 3 is 2.76 bits per heavy atom. The smallest absolute Gasteiger partial charge is 0.338 e. The van der Waals surface area contributed by atoms with Crippen molar-refractivity contribution in [1.29, 1.82) is 0 Å². The number of carbonyl (C=O) groups excluding carboxylic acids is 1. The number of hydrogen-bond acceptors (Lipinski definition) is 6. The zero-order valence-corrected chi connectivity index (χ0v) is 15.0. The summed E-state index contributed by atoms with van der Waals surface area (Å²) in [6, 6.07) is 8.49. The average Bonchev–Trinajstić information content (AvgIpc) is 3.02. The molecule has 0 saturated heterocycles. The van der Waals surface area contributed by atoms with E-state index in [1.165, 1.54) is 21.9 Å². The number of aromatic nitrogens is 3. The standard InChI is InChI=1S/C18H19N3O3S/c1-3-4-5-15-20-21-16(22)10-14(19-18(21)25-15)11-24-17(23)13-8-6-12(2)7-9-13/h6-10H,3-5,11H2,1-2H3. The molecule has 0 amide bonds. The Hall–Kier alpha value is -2.54. The second-order valence-corrected chi connectivity index (χ2v) is 6.86. The molecule has 6 nitrogen and oxygen atoms in total. The molecule has 0 fully saturated rings. The summed E-state index contributed by atoms with van der Waals surface area (Å²) in [7, 11) is 0. The predicted octanol–water partition coefficient (Wildman–Crippen LogP) is 3.16. The number of esters is 1. The molecule has 0 aliphatic heterocycles. The number of fused-ring (bicyclic) bond motifs is 1. The zero-order valence-electron chi connectivity index (χ0n) is 14.2. The van der Waals surface area contributed by atoms with Gasteiger partial charge >= 0.3 is 5.97 Å². The second-order valence-electron chi connectivity index (χ2n) is 5.82. The molecule has 25 heavy (non-hydrogen) atoms. The van der Waals surface area contributed by atoms with E-state index in [0.29, 0.717) is 16.2 Å². The first-order chi connectivity index (χ1) is 12.1. The van der Waals surface area contributed by atoms with E-state index in [9.17, 15) is 9.59 Å². The fourth-order valence-electron chi connectivity index (χ4n) is 2.31. The van der Waals surface area contributed by atoms with Gasteiger partial charge in [0.1, 0.15) is 11.6 Å². The first-order valence-electron chi connectivity index (χ1n) is 8.19. The zero-order chi connectivity index (χ0) is 17.8. The molecule has 1 aromatic carbocycles. The summed E-state index contributed by atoms with van der Waals surface area (Å²) in [6.07, 6.45) is 2.93. The molecular formula is C18H19N3O3S. The van der Waals surface area contributed by atoms with E-state index < -0.39 is 5.97 Å². The van der Waals surface area contributed by atoms with Gasteiger partial charge in [0.25, 0.3) is 5.56 Å². The normalized spacial score (nSPS) is 11.0. The van der Waals surface area contributed by atoms with Crippen molar-refractivity contribution in [3.05, 3.63) is 62.5 Å². The van der Waals surface area contributed by atoms with Gasteiger partial charge in [0.15, 0.2) is 0 Å². The van der Waals surface area contributed by atoms with Crippen LogP contribution in [0, 0.1) is 6.92 Å². The molecule has 0 bridgehead atoms. The van der Waals surface area contributed by atoms with E-state index in [1.807, 2.05) is 19.1 Å². The third-order valence-electron chi connectivity index (χ3n) is 3.72. The first kappa shape index (κ1) is 17.3. The summed E-state index contributed by atoms with van der Waals surface area (Å²) in [5.74, 6) is -0.435. The highest BCUT2D eigenvalue weighted by Crippen LogP contribution is 2.14. The van der Waals surface area contributed by atoms with Crippen molar-refractivity contribution >= 4 is 22.3 Å². The monoisotopic (exact) mass is 357 g/mol. The number of nitrogens with zero attached hydrogens (tertiary/aromatic N) is 3. The molecule has 2 heterocycles. The van der Waals surface area contributed by atoms with Crippen LogP contribution in [0.15, 0.2) is 35.1 Å². The van der Waals surface area contributed by atoms with E-state index in [-0.39, 0.29) is 12.2 Å². The molecule has 0 radical (unpaired) electrons. The fraction of sp³-hybridized carbons (Fsp3) is 0.333. The molecule has 2 aromatic heterocycles. The Morgan fingerprint density at radius 2 is 2.04 bits per heavy atom. The van der Waals surface area contributed by atoms with E-state index in [2.05, 4.69) is 17.0 Å². The highest BCUT2D eigenvalue weighted by Gasteiger charge is 2.11. The Morgan fingerprint density at radius 1 is 1.28 bits per heavy atom. The van der Waals surface area contributed by atoms with Crippen LogP contribution >= 0.6 is 11.3 Å². The lowest BCUT2D eigenvalue weighted by Crippen LogP contribution is -2.16. The summed E-state index contributed by atoms with van der Waals surface area (Å²) in [5, 5.41) is 5.18. The maximum Gasteiger partial charge on any atom is 0.338 e. The lowest BCUT2D eigenvalue weighted by Gasteiger charge is -2.04. The van der Waals surface area contributed by atoms with Crippen molar-refractivity contribution in [2.75, 3.05) is 0 Å². The Labute approximate surface area is 149 Å². The number of ether oxygens (including phenoxy) is 1. The summed E-state index contributed by atoms with van der Waals surface area (Å²) >= 11 is 1.40. The van der Waals surface area contributed by atoms with Crippen LogP contribution in [0.2, 0.25) is 0 Å². The largest absolute Gasteiger partial charge is 0.456 e. The van der Waals surface area contributed by atoms with Gasteiger partial charge in [0, 0.05) is 12.5 Å². The second kappa shape index (κ2) is 7.57. The molecule has 0 spiro atoms. The number of hydrogen-bond donors (Lipinski definition) is 0. The molecule has 0 saturated carbocycles. The average molecular weight is 357 g/mol. The SMILES string of the molecule is CCCCc1nn2c(=O)cc(COC(=O)c3ccc(C)cc3)nc2s1. The molecule has 3 aromatic rings. The number of rotatable bonds is 6. The van der Waals surface area contributed by atoms with Crippen LogP contribution in [0.3, 0.4) is 0 Å². The van der Waals surface area contributed by atoms with Crippen LogP contribution in [0.4, 0.5) is 0 Å². The number of carbonyl (C=O) groups is 1. The van der Waals surface area contributed by atoms with Crippen molar-refractivity contribution in [2.24, 2.45) is 0 Å². The molecule has 0 unspecified atom stereocenters. The highest BCUT2D eigenvalue weighted by atomic mass is 32.1. The van der Waals surface area contributed by atoms with Gasteiger partial charge < -0.3 is 4.74 Å². The number of unbranched alkanes of at least 4 members (excludes halogenated alkanes) is 1. The first-order valence-corrected chi connectivity index (χ1v) is 9.01. The quantitative estimate of drug-likeness (QED) is 0.634. The molecule has 0 atom stereocenters. The minimum absolute atomic E-state index is 0.0410. The van der Waals surface area contributed by atoms with Crippen molar-refractivity contribution < 1.29 is 9.53 Å². The van der Waals surface area contributed by atoms with Gasteiger partial charge in [-0.1, -0.05) is 42.4 Å². The van der Waals surface area contributed by atoms with Crippen molar-refractivity contribution in [2.45, 2.75) is 39.7 Å². The predicted molar refractivity (Wildman–Crippen MR) is 96.0 cm³/mol. The third-order valence-corrected chi connectivity index (χ3v) is 4.69. The molecule has 0 N–H and O–H groups in total. The lowest BCUT2D eigenvalue weighted by molar-refractivity contribution is 0.0468. The van der Waals surface area contributed by atoms with Crippen LogP contribution in [0.25, 0.3) is 4.96 Å². The molecule has 0 aliphatic carbocycles. The molecule has 7 heteroatoms. The van der Waals surface area contributed by atoms with Gasteiger partial charge in [-0.2, -0.15) is 9.61 Å². The Kier molecular flexibility index (Phi) is 5.23. The van der Waals surface area contributed by atoms with Crippen LogP contribution < -0.4 is 5.56 Å². The number of benzene rings is 1.